The van der Waals surface area contributed by atoms with Crippen molar-refractivity contribution in [2.45, 2.75) is 11.9 Å². The van der Waals surface area contributed by atoms with Crippen molar-refractivity contribution in [3.8, 4) is 6.07 Å². The topological polar surface area (TPSA) is 87.8 Å². The zero-order valence-electron chi connectivity index (χ0n) is 8.81. The summed E-state index contributed by atoms with van der Waals surface area (Å²) in [6.07, 6.45) is 1.25. The van der Waals surface area contributed by atoms with Crippen molar-refractivity contribution in [1.29, 1.82) is 5.26 Å². The van der Waals surface area contributed by atoms with Crippen LogP contribution in [0.15, 0.2) is 11.2 Å². The molecule has 1 aromatic rings. The van der Waals surface area contributed by atoms with Gasteiger partial charge in [-0.2, -0.15) is 10.4 Å². The van der Waals surface area contributed by atoms with Crippen molar-refractivity contribution in [1.82, 2.24) is 14.5 Å². The minimum atomic E-state index is -3.72. The SMILES string of the molecule is CC(C#N)CNS(=O)(=O)c1c(Cl)cnn1C. The summed E-state index contributed by atoms with van der Waals surface area (Å²) in [7, 11) is -2.24. The van der Waals surface area contributed by atoms with E-state index in [0.717, 1.165) is 0 Å². The summed E-state index contributed by atoms with van der Waals surface area (Å²) in [5.41, 5.74) is 0. The van der Waals surface area contributed by atoms with E-state index in [0.29, 0.717) is 0 Å². The number of sulfonamides is 1. The van der Waals surface area contributed by atoms with Crippen molar-refractivity contribution < 1.29 is 8.42 Å². The first-order chi connectivity index (χ1) is 7.38. The number of aromatic nitrogens is 2. The summed E-state index contributed by atoms with van der Waals surface area (Å²) in [5, 5.41) is 12.2. The standard InChI is InChI=1S/C8H11ClN4O2S/c1-6(3-10)4-12-16(14,15)8-7(9)5-11-13(8)2/h5-6,12H,4H2,1-2H3. The number of hydrogen-bond donors (Lipinski definition) is 1. The lowest BCUT2D eigenvalue weighted by Gasteiger charge is -2.07. The zero-order chi connectivity index (χ0) is 12.3. The van der Waals surface area contributed by atoms with Gasteiger partial charge in [0, 0.05) is 13.6 Å². The molecule has 8 heteroatoms. The molecule has 0 aromatic carbocycles. The van der Waals surface area contributed by atoms with E-state index in [4.69, 9.17) is 16.9 Å². The molecule has 0 aliphatic heterocycles. The van der Waals surface area contributed by atoms with E-state index in [1.165, 1.54) is 17.9 Å². The third-order valence-corrected chi connectivity index (χ3v) is 3.83. The van der Waals surface area contributed by atoms with E-state index < -0.39 is 15.9 Å². The molecule has 0 saturated heterocycles. The van der Waals surface area contributed by atoms with Gasteiger partial charge in [0.2, 0.25) is 0 Å². The molecule has 1 N–H and O–H groups in total. The van der Waals surface area contributed by atoms with Crippen molar-refractivity contribution in [2.24, 2.45) is 13.0 Å². The summed E-state index contributed by atoms with van der Waals surface area (Å²) >= 11 is 5.71. The van der Waals surface area contributed by atoms with Gasteiger partial charge < -0.3 is 0 Å². The molecule has 0 bridgehead atoms. The third-order valence-electron chi connectivity index (χ3n) is 1.90. The molecule has 0 radical (unpaired) electrons. The van der Waals surface area contributed by atoms with Crippen molar-refractivity contribution in [3.63, 3.8) is 0 Å². The van der Waals surface area contributed by atoms with Gasteiger partial charge in [0.15, 0.2) is 5.03 Å². The summed E-state index contributed by atoms with van der Waals surface area (Å²) in [4.78, 5) is 0. The molecule has 0 spiro atoms. The Labute approximate surface area is 98.9 Å². The van der Waals surface area contributed by atoms with E-state index in [1.54, 1.807) is 6.92 Å². The summed E-state index contributed by atoms with van der Waals surface area (Å²) in [6.45, 7) is 1.66. The van der Waals surface area contributed by atoms with Crippen LogP contribution in [0, 0.1) is 17.2 Å². The summed E-state index contributed by atoms with van der Waals surface area (Å²) < 4.78 is 27.0. The van der Waals surface area contributed by atoms with E-state index in [2.05, 4.69) is 9.82 Å². The molecular weight excluding hydrogens is 252 g/mol. The number of nitriles is 1. The average Bonchev–Trinajstić information content (AvgIpc) is 2.55. The van der Waals surface area contributed by atoms with Gasteiger partial charge in [-0.3, -0.25) is 4.68 Å². The second kappa shape index (κ2) is 4.82. The molecule has 1 heterocycles. The van der Waals surface area contributed by atoms with Crippen LogP contribution in [0.1, 0.15) is 6.92 Å². The van der Waals surface area contributed by atoms with Crippen LogP contribution in [-0.2, 0) is 17.1 Å². The third kappa shape index (κ3) is 2.72. The maximum atomic E-state index is 11.8. The Morgan fingerprint density at radius 1 is 1.75 bits per heavy atom. The maximum Gasteiger partial charge on any atom is 0.259 e. The van der Waals surface area contributed by atoms with E-state index >= 15 is 0 Å². The molecular formula is C8H11ClN4O2S. The smallest absolute Gasteiger partial charge is 0.255 e. The first-order valence-electron chi connectivity index (χ1n) is 4.45. The molecule has 0 saturated carbocycles. The minimum Gasteiger partial charge on any atom is -0.255 e. The highest BCUT2D eigenvalue weighted by atomic mass is 35.5. The maximum absolute atomic E-state index is 11.8. The van der Waals surface area contributed by atoms with Gasteiger partial charge in [0.1, 0.15) is 0 Å². The fraction of sp³-hybridized carbons (Fsp3) is 0.500. The Kier molecular flexibility index (Phi) is 3.91. The van der Waals surface area contributed by atoms with Crippen LogP contribution in [-0.4, -0.2) is 24.7 Å². The number of rotatable bonds is 4. The number of aryl methyl sites for hydroxylation is 1. The molecule has 1 unspecified atom stereocenters. The zero-order valence-corrected chi connectivity index (χ0v) is 10.4. The molecule has 1 atom stereocenters. The fourth-order valence-corrected chi connectivity index (χ4v) is 2.83. The lowest BCUT2D eigenvalue weighted by Crippen LogP contribution is -2.29. The van der Waals surface area contributed by atoms with E-state index in [1.807, 2.05) is 6.07 Å². The van der Waals surface area contributed by atoms with Gasteiger partial charge in [-0.1, -0.05) is 11.6 Å². The molecule has 0 fully saturated rings. The molecule has 0 amide bonds. The quantitative estimate of drug-likeness (QED) is 0.856. The minimum absolute atomic E-state index is 0.0420. The van der Waals surface area contributed by atoms with Crippen LogP contribution in [0.2, 0.25) is 5.02 Å². The highest BCUT2D eigenvalue weighted by Crippen LogP contribution is 2.19. The predicted octanol–water partition coefficient (Wildman–Crippen LogP) is 0.511. The summed E-state index contributed by atoms with van der Waals surface area (Å²) in [6, 6.07) is 1.93. The Bertz CT molecular complexity index is 497. The molecule has 1 aromatic heterocycles. The second-order valence-corrected chi connectivity index (χ2v) is 5.39. The van der Waals surface area contributed by atoms with Crippen LogP contribution in [0.5, 0.6) is 0 Å². The van der Waals surface area contributed by atoms with Gasteiger partial charge >= 0.3 is 0 Å². The van der Waals surface area contributed by atoms with Gasteiger partial charge in [-0.25, -0.2) is 13.1 Å². The van der Waals surface area contributed by atoms with Crippen molar-refractivity contribution in [3.05, 3.63) is 11.2 Å². The molecule has 88 valence electrons. The molecule has 0 aliphatic rings. The predicted molar refractivity (Wildman–Crippen MR) is 58.2 cm³/mol. The van der Waals surface area contributed by atoms with Gasteiger partial charge in [0.25, 0.3) is 10.0 Å². The molecule has 16 heavy (non-hydrogen) atoms. The highest BCUT2D eigenvalue weighted by Gasteiger charge is 2.22. The van der Waals surface area contributed by atoms with Gasteiger partial charge in [-0.15, -0.1) is 0 Å². The largest absolute Gasteiger partial charge is 0.259 e. The number of nitrogens with one attached hydrogen (secondary N) is 1. The van der Waals surface area contributed by atoms with Gasteiger partial charge in [0.05, 0.1) is 23.2 Å². The highest BCUT2D eigenvalue weighted by molar-refractivity contribution is 7.89. The van der Waals surface area contributed by atoms with Gasteiger partial charge in [-0.05, 0) is 6.92 Å². The Morgan fingerprint density at radius 2 is 2.38 bits per heavy atom. The Hall–Kier alpha value is -1.10. The Balaban J connectivity index is 2.92. The lowest BCUT2D eigenvalue weighted by molar-refractivity contribution is 0.556. The summed E-state index contributed by atoms with van der Waals surface area (Å²) in [5.74, 6) is -0.401. The normalized spacial score (nSPS) is 13.4. The fourth-order valence-electron chi connectivity index (χ4n) is 1.05. The van der Waals surface area contributed by atoms with Crippen LogP contribution >= 0.6 is 11.6 Å². The van der Waals surface area contributed by atoms with Crippen LogP contribution in [0.4, 0.5) is 0 Å². The molecule has 1 rings (SSSR count). The van der Waals surface area contributed by atoms with E-state index in [9.17, 15) is 8.42 Å². The number of halogens is 1. The van der Waals surface area contributed by atoms with E-state index in [-0.39, 0.29) is 16.6 Å². The van der Waals surface area contributed by atoms with Crippen molar-refractivity contribution >= 4 is 21.6 Å². The number of nitrogens with zero attached hydrogens (tertiary/aromatic N) is 3. The second-order valence-electron chi connectivity index (χ2n) is 3.30. The first kappa shape index (κ1) is 13.0. The van der Waals surface area contributed by atoms with Crippen LogP contribution in [0.25, 0.3) is 0 Å². The average molecular weight is 263 g/mol. The monoisotopic (exact) mass is 262 g/mol. The molecule has 0 aliphatic carbocycles. The first-order valence-corrected chi connectivity index (χ1v) is 6.31. The van der Waals surface area contributed by atoms with Crippen LogP contribution in [0.3, 0.4) is 0 Å². The van der Waals surface area contributed by atoms with Crippen molar-refractivity contribution in [2.75, 3.05) is 6.54 Å². The number of hydrogen-bond acceptors (Lipinski definition) is 4. The lowest BCUT2D eigenvalue weighted by atomic mass is 10.2. The Morgan fingerprint density at radius 3 is 2.81 bits per heavy atom. The van der Waals surface area contributed by atoms with Crippen LogP contribution < -0.4 is 4.72 Å². The molecule has 6 nitrogen and oxygen atoms in total.